The maximum Gasteiger partial charge on any atom is 0.0788 e. The summed E-state index contributed by atoms with van der Waals surface area (Å²) in [4.78, 5) is 0. The average Bonchev–Trinajstić information content (AvgIpc) is 2.41. The molecular weight excluding hydrogens is 258 g/mol. The highest BCUT2D eigenvalue weighted by Gasteiger charge is 2.27. The summed E-state index contributed by atoms with van der Waals surface area (Å²) in [7, 11) is 1.83. The van der Waals surface area contributed by atoms with Crippen molar-refractivity contribution in [1.29, 1.82) is 0 Å². The van der Waals surface area contributed by atoms with Gasteiger partial charge in [-0.1, -0.05) is 51.5 Å². The molecular formula is C19H31NO. The smallest absolute Gasteiger partial charge is 0.0788 e. The van der Waals surface area contributed by atoms with Crippen LogP contribution in [0.3, 0.4) is 0 Å². The molecule has 0 amide bonds. The first-order valence-corrected chi connectivity index (χ1v) is 8.53. The maximum atomic E-state index is 5.80. The zero-order valence-corrected chi connectivity index (χ0v) is 14.1. The summed E-state index contributed by atoms with van der Waals surface area (Å²) in [6.45, 7) is 7.73. The molecule has 1 aromatic rings. The summed E-state index contributed by atoms with van der Waals surface area (Å²) in [6, 6.07) is 9.46. The largest absolute Gasteiger partial charge is 0.379 e. The second kappa shape index (κ2) is 7.95. The van der Waals surface area contributed by atoms with Crippen LogP contribution in [0.1, 0.15) is 69.5 Å². The lowest BCUT2D eigenvalue weighted by molar-refractivity contribution is 0.0326. The highest BCUT2D eigenvalue weighted by Crippen LogP contribution is 2.37. The highest BCUT2D eigenvalue weighted by molar-refractivity contribution is 5.30. The summed E-state index contributed by atoms with van der Waals surface area (Å²) in [5, 5.41) is 3.70. The third-order valence-electron chi connectivity index (χ3n) is 4.72. The number of rotatable bonds is 8. The summed E-state index contributed by atoms with van der Waals surface area (Å²) >= 11 is 0. The van der Waals surface area contributed by atoms with Gasteiger partial charge in [-0.05, 0) is 48.8 Å². The van der Waals surface area contributed by atoms with Crippen LogP contribution in [-0.4, -0.2) is 19.8 Å². The fourth-order valence-electron chi connectivity index (χ4n) is 3.26. The lowest BCUT2D eigenvalue weighted by atomic mass is 9.79. The van der Waals surface area contributed by atoms with Crippen molar-refractivity contribution < 1.29 is 4.74 Å². The monoisotopic (exact) mass is 289 g/mol. The molecule has 1 aromatic carbocycles. The minimum atomic E-state index is 0.216. The average molecular weight is 289 g/mol. The molecule has 21 heavy (non-hydrogen) atoms. The van der Waals surface area contributed by atoms with Gasteiger partial charge in [-0.25, -0.2) is 0 Å². The van der Waals surface area contributed by atoms with E-state index in [0.29, 0.717) is 5.92 Å². The van der Waals surface area contributed by atoms with Crippen LogP contribution in [0.5, 0.6) is 0 Å². The molecule has 1 N–H and O–H groups in total. The number of nitrogens with one attached hydrogen (secondary N) is 1. The van der Waals surface area contributed by atoms with Crippen molar-refractivity contribution in [2.45, 2.75) is 64.5 Å². The third-order valence-corrected chi connectivity index (χ3v) is 4.72. The molecule has 2 nitrogen and oxygen atoms in total. The van der Waals surface area contributed by atoms with Crippen molar-refractivity contribution in [3.8, 4) is 0 Å². The Bertz CT molecular complexity index is 425. The Morgan fingerprint density at radius 2 is 2.05 bits per heavy atom. The SMILES string of the molecule is CCCNC(c1cccc(C2CCC2)c1)C(OC)C(C)C. The molecule has 0 spiro atoms. The lowest BCUT2D eigenvalue weighted by Gasteiger charge is -2.32. The van der Waals surface area contributed by atoms with E-state index < -0.39 is 0 Å². The van der Waals surface area contributed by atoms with E-state index in [4.69, 9.17) is 4.74 Å². The fraction of sp³-hybridized carbons (Fsp3) is 0.684. The zero-order chi connectivity index (χ0) is 15.2. The van der Waals surface area contributed by atoms with Crippen LogP contribution in [-0.2, 0) is 4.74 Å². The molecule has 0 saturated heterocycles. The topological polar surface area (TPSA) is 21.3 Å². The van der Waals surface area contributed by atoms with Crippen LogP contribution in [0.25, 0.3) is 0 Å². The van der Waals surface area contributed by atoms with Crippen LogP contribution in [0.15, 0.2) is 24.3 Å². The molecule has 118 valence electrons. The highest BCUT2D eigenvalue weighted by atomic mass is 16.5. The minimum Gasteiger partial charge on any atom is -0.379 e. The summed E-state index contributed by atoms with van der Waals surface area (Å²) in [5.41, 5.74) is 2.90. The van der Waals surface area contributed by atoms with Crippen molar-refractivity contribution in [2.75, 3.05) is 13.7 Å². The molecule has 0 aromatic heterocycles. The zero-order valence-electron chi connectivity index (χ0n) is 14.1. The lowest BCUT2D eigenvalue weighted by Crippen LogP contribution is -2.37. The fourth-order valence-corrected chi connectivity index (χ4v) is 3.26. The molecule has 2 atom stereocenters. The molecule has 1 saturated carbocycles. The number of hydrogen-bond acceptors (Lipinski definition) is 2. The first kappa shape index (κ1) is 16.5. The Hall–Kier alpha value is -0.860. The molecule has 0 heterocycles. The number of methoxy groups -OCH3 is 1. The molecule has 1 fully saturated rings. The Morgan fingerprint density at radius 1 is 1.29 bits per heavy atom. The Labute approximate surface area is 130 Å². The maximum absolute atomic E-state index is 5.80. The molecule has 0 radical (unpaired) electrons. The summed E-state index contributed by atoms with van der Waals surface area (Å²) < 4.78 is 5.80. The Balaban J connectivity index is 2.21. The van der Waals surface area contributed by atoms with Gasteiger partial charge in [0, 0.05) is 7.11 Å². The standard InChI is InChI=1S/C19H31NO/c1-5-12-20-18(19(21-4)14(2)3)17-11-7-10-16(13-17)15-8-6-9-15/h7,10-11,13-15,18-20H,5-6,8-9,12H2,1-4H3. The van der Waals surface area contributed by atoms with Crippen LogP contribution in [0.4, 0.5) is 0 Å². The molecule has 1 aliphatic rings. The second-order valence-corrected chi connectivity index (χ2v) is 6.67. The van der Waals surface area contributed by atoms with E-state index in [-0.39, 0.29) is 12.1 Å². The third kappa shape index (κ3) is 4.08. The van der Waals surface area contributed by atoms with Crippen molar-refractivity contribution in [3.05, 3.63) is 35.4 Å². The van der Waals surface area contributed by atoms with Crippen LogP contribution in [0, 0.1) is 5.92 Å². The van der Waals surface area contributed by atoms with Crippen molar-refractivity contribution in [1.82, 2.24) is 5.32 Å². The first-order chi connectivity index (χ1) is 10.2. The Morgan fingerprint density at radius 3 is 2.57 bits per heavy atom. The predicted molar refractivity (Wildman–Crippen MR) is 89.7 cm³/mol. The molecule has 2 heteroatoms. The van der Waals surface area contributed by atoms with E-state index in [2.05, 4.69) is 50.4 Å². The van der Waals surface area contributed by atoms with Crippen molar-refractivity contribution >= 4 is 0 Å². The van der Waals surface area contributed by atoms with Crippen molar-refractivity contribution in [2.24, 2.45) is 5.92 Å². The number of hydrogen-bond donors (Lipinski definition) is 1. The van der Waals surface area contributed by atoms with Gasteiger partial charge in [-0.15, -0.1) is 0 Å². The second-order valence-electron chi connectivity index (χ2n) is 6.67. The quantitative estimate of drug-likeness (QED) is 0.751. The molecule has 1 aliphatic carbocycles. The molecule has 0 aliphatic heterocycles. The van der Waals surface area contributed by atoms with Gasteiger partial charge >= 0.3 is 0 Å². The van der Waals surface area contributed by atoms with Gasteiger partial charge in [0.15, 0.2) is 0 Å². The van der Waals surface area contributed by atoms with E-state index in [1.54, 1.807) is 0 Å². The predicted octanol–water partition coefficient (Wildman–Crippen LogP) is 4.67. The van der Waals surface area contributed by atoms with E-state index in [1.165, 1.54) is 30.4 Å². The molecule has 2 unspecified atom stereocenters. The normalized spacial score (nSPS) is 18.5. The van der Waals surface area contributed by atoms with Gasteiger partial charge in [-0.2, -0.15) is 0 Å². The van der Waals surface area contributed by atoms with Crippen LogP contribution < -0.4 is 5.32 Å². The van der Waals surface area contributed by atoms with Gasteiger partial charge in [0.2, 0.25) is 0 Å². The summed E-state index contributed by atoms with van der Waals surface area (Å²) in [6.07, 6.45) is 5.46. The molecule has 2 rings (SSSR count). The number of ether oxygens (including phenoxy) is 1. The number of benzene rings is 1. The first-order valence-electron chi connectivity index (χ1n) is 8.53. The summed E-state index contributed by atoms with van der Waals surface area (Å²) in [5.74, 6) is 1.29. The van der Waals surface area contributed by atoms with E-state index in [1.807, 2.05) is 7.11 Å². The van der Waals surface area contributed by atoms with Gasteiger partial charge in [0.1, 0.15) is 0 Å². The Kier molecular flexibility index (Phi) is 6.25. The van der Waals surface area contributed by atoms with Crippen molar-refractivity contribution in [3.63, 3.8) is 0 Å². The van der Waals surface area contributed by atoms with Gasteiger partial charge in [-0.3, -0.25) is 0 Å². The molecule has 0 bridgehead atoms. The van der Waals surface area contributed by atoms with Gasteiger partial charge < -0.3 is 10.1 Å². The van der Waals surface area contributed by atoms with Crippen LogP contribution in [0.2, 0.25) is 0 Å². The van der Waals surface area contributed by atoms with Gasteiger partial charge in [0.25, 0.3) is 0 Å². The van der Waals surface area contributed by atoms with Crippen LogP contribution >= 0.6 is 0 Å². The van der Waals surface area contributed by atoms with E-state index >= 15 is 0 Å². The van der Waals surface area contributed by atoms with E-state index in [9.17, 15) is 0 Å². The van der Waals surface area contributed by atoms with Gasteiger partial charge in [0.05, 0.1) is 12.1 Å². The minimum absolute atomic E-state index is 0.216. The van der Waals surface area contributed by atoms with E-state index in [0.717, 1.165) is 18.9 Å².